The number of halogens is 1. The summed E-state index contributed by atoms with van der Waals surface area (Å²) in [5.41, 5.74) is 0.469. The Labute approximate surface area is 178 Å². The van der Waals surface area contributed by atoms with Crippen molar-refractivity contribution in [2.75, 3.05) is 0 Å². The lowest BCUT2D eigenvalue weighted by atomic mass is 10.00. The molecule has 0 unspecified atom stereocenters. The van der Waals surface area contributed by atoms with E-state index in [1.807, 2.05) is 51.1 Å². The van der Waals surface area contributed by atoms with E-state index in [1.165, 1.54) is 22.4 Å². The van der Waals surface area contributed by atoms with E-state index in [-0.39, 0.29) is 17.8 Å². The normalized spacial score (nSPS) is 12.3. The van der Waals surface area contributed by atoms with Crippen LogP contribution in [0.5, 0.6) is 0 Å². The summed E-state index contributed by atoms with van der Waals surface area (Å²) in [5, 5.41) is 8.26. The van der Waals surface area contributed by atoms with E-state index in [0.29, 0.717) is 0 Å². The number of rotatable bonds is 6. The molecule has 2 aromatic carbocycles. The van der Waals surface area contributed by atoms with Crippen LogP contribution < -0.4 is 5.32 Å². The Bertz CT molecular complexity index is 1000. The Morgan fingerprint density at radius 2 is 1.77 bits per heavy atom. The van der Waals surface area contributed by atoms with E-state index in [2.05, 4.69) is 14.9 Å². The molecule has 0 radical (unpaired) electrons. The number of carbonyl (C=O) groups excluding carboxylic acids is 2. The predicted octanol–water partition coefficient (Wildman–Crippen LogP) is 3.98. The van der Waals surface area contributed by atoms with Gasteiger partial charge in [-0.05, 0) is 43.9 Å². The van der Waals surface area contributed by atoms with Gasteiger partial charge in [0.25, 0.3) is 5.91 Å². The van der Waals surface area contributed by atoms with Crippen molar-refractivity contribution in [3.63, 3.8) is 0 Å². The molecule has 1 aromatic heterocycles. The van der Waals surface area contributed by atoms with Gasteiger partial charge in [0, 0.05) is 23.0 Å². The number of hydrogen-bond acceptors (Lipinski definition) is 5. The largest absolute Gasteiger partial charge is 0.349 e. The molecule has 2 amide bonds. The van der Waals surface area contributed by atoms with Gasteiger partial charge < -0.3 is 10.2 Å². The average Bonchev–Trinajstić information content (AvgIpc) is 3.22. The summed E-state index contributed by atoms with van der Waals surface area (Å²) >= 11 is 1.04. The van der Waals surface area contributed by atoms with Crippen LogP contribution in [0.2, 0.25) is 0 Å². The zero-order valence-electron chi connectivity index (χ0n) is 17.0. The first kappa shape index (κ1) is 21.6. The van der Waals surface area contributed by atoms with Gasteiger partial charge in [-0.15, -0.1) is 5.10 Å². The second kappa shape index (κ2) is 9.13. The highest BCUT2D eigenvalue weighted by Crippen LogP contribution is 2.28. The Morgan fingerprint density at radius 3 is 2.37 bits per heavy atom. The lowest BCUT2D eigenvalue weighted by Gasteiger charge is -2.33. The van der Waals surface area contributed by atoms with E-state index in [1.54, 1.807) is 12.1 Å². The number of nitrogens with one attached hydrogen (secondary N) is 1. The molecule has 0 spiro atoms. The third kappa shape index (κ3) is 5.27. The SMILES string of the molecule is CC(C)(C)NC(=O)[C@@H](c1ccccc1F)N(Cc1ccccc1)C(=O)c1csnn1. The molecule has 0 saturated carbocycles. The Hall–Kier alpha value is -3.13. The minimum Gasteiger partial charge on any atom is -0.349 e. The molecule has 0 aliphatic rings. The second-order valence-corrected chi connectivity index (χ2v) is 8.48. The van der Waals surface area contributed by atoms with E-state index in [4.69, 9.17) is 0 Å². The van der Waals surface area contributed by atoms with Crippen LogP contribution >= 0.6 is 11.5 Å². The maximum Gasteiger partial charge on any atom is 0.276 e. The molecule has 1 heterocycles. The van der Waals surface area contributed by atoms with Crippen molar-refractivity contribution in [2.45, 2.75) is 38.9 Å². The maximum absolute atomic E-state index is 14.8. The summed E-state index contributed by atoms with van der Waals surface area (Å²) in [6, 6.07) is 14.1. The molecule has 0 fully saturated rings. The monoisotopic (exact) mass is 426 g/mol. The van der Waals surface area contributed by atoms with Gasteiger partial charge in [0.2, 0.25) is 5.91 Å². The van der Waals surface area contributed by atoms with Crippen LogP contribution in [0.4, 0.5) is 4.39 Å². The molecular formula is C22H23FN4O2S. The molecule has 0 aliphatic heterocycles. The van der Waals surface area contributed by atoms with Crippen LogP contribution in [-0.4, -0.2) is 31.8 Å². The topological polar surface area (TPSA) is 75.2 Å². The molecular weight excluding hydrogens is 403 g/mol. The Morgan fingerprint density at radius 1 is 1.10 bits per heavy atom. The lowest BCUT2D eigenvalue weighted by Crippen LogP contribution is -2.49. The molecule has 3 rings (SSSR count). The summed E-state index contributed by atoms with van der Waals surface area (Å²) in [6.07, 6.45) is 0. The van der Waals surface area contributed by atoms with Gasteiger partial charge in [0.15, 0.2) is 5.69 Å². The molecule has 6 nitrogen and oxygen atoms in total. The van der Waals surface area contributed by atoms with Gasteiger partial charge in [-0.1, -0.05) is 53.0 Å². The summed E-state index contributed by atoms with van der Waals surface area (Å²) in [5.74, 6) is -1.53. The molecule has 1 atom stereocenters. The van der Waals surface area contributed by atoms with Crippen molar-refractivity contribution >= 4 is 23.3 Å². The minimum absolute atomic E-state index is 0.105. The van der Waals surface area contributed by atoms with Gasteiger partial charge in [-0.3, -0.25) is 9.59 Å². The van der Waals surface area contributed by atoms with Crippen LogP contribution in [0.15, 0.2) is 60.0 Å². The summed E-state index contributed by atoms with van der Waals surface area (Å²) < 4.78 is 18.6. The summed E-state index contributed by atoms with van der Waals surface area (Å²) in [4.78, 5) is 28.0. The number of nitrogens with zero attached hydrogens (tertiary/aromatic N) is 3. The first-order valence-corrected chi connectivity index (χ1v) is 10.3. The van der Waals surface area contributed by atoms with Crippen molar-refractivity contribution in [3.05, 3.63) is 82.6 Å². The number of carbonyl (C=O) groups is 2. The molecule has 0 aliphatic carbocycles. The average molecular weight is 427 g/mol. The summed E-state index contributed by atoms with van der Waals surface area (Å²) in [7, 11) is 0. The molecule has 30 heavy (non-hydrogen) atoms. The van der Waals surface area contributed by atoms with E-state index < -0.39 is 29.2 Å². The van der Waals surface area contributed by atoms with E-state index in [9.17, 15) is 14.0 Å². The second-order valence-electron chi connectivity index (χ2n) is 7.87. The van der Waals surface area contributed by atoms with Crippen molar-refractivity contribution in [1.82, 2.24) is 19.8 Å². The van der Waals surface area contributed by atoms with Crippen LogP contribution in [0, 0.1) is 5.82 Å². The first-order valence-electron chi connectivity index (χ1n) is 9.44. The Kier molecular flexibility index (Phi) is 6.56. The van der Waals surface area contributed by atoms with E-state index >= 15 is 0 Å². The van der Waals surface area contributed by atoms with Crippen molar-refractivity contribution in [2.24, 2.45) is 0 Å². The highest BCUT2D eigenvalue weighted by molar-refractivity contribution is 7.03. The molecule has 8 heteroatoms. The Balaban J connectivity index is 2.10. The summed E-state index contributed by atoms with van der Waals surface area (Å²) in [6.45, 7) is 5.60. The first-order chi connectivity index (χ1) is 14.3. The van der Waals surface area contributed by atoms with Crippen molar-refractivity contribution in [3.8, 4) is 0 Å². The molecule has 1 N–H and O–H groups in total. The van der Waals surface area contributed by atoms with Crippen LogP contribution in [-0.2, 0) is 11.3 Å². The predicted molar refractivity (Wildman–Crippen MR) is 113 cm³/mol. The fraction of sp³-hybridized carbons (Fsp3) is 0.273. The number of hydrogen-bond donors (Lipinski definition) is 1. The minimum atomic E-state index is -1.18. The van der Waals surface area contributed by atoms with Crippen molar-refractivity contribution < 1.29 is 14.0 Å². The third-order valence-electron chi connectivity index (χ3n) is 4.29. The molecule has 0 bridgehead atoms. The molecule has 3 aromatic rings. The van der Waals surface area contributed by atoms with Gasteiger partial charge in [-0.2, -0.15) is 0 Å². The fourth-order valence-electron chi connectivity index (χ4n) is 3.05. The van der Waals surface area contributed by atoms with Gasteiger partial charge in [-0.25, -0.2) is 4.39 Å². The van der Waals surface area contributed by atoms with E-state index in [0.717, 1.165) is 17.1 Å². The standard InChI is InChI=1S/C22H23FN4O2S/c1-22(2,3)24-20(28)19(16-11-7-8-12-17(16)23)27(13-15-9-5-4-6-10-15)21(29)18-14-30-26-25-18/h4-12,14,19H,13H2,1-3H3,(H,24,28)/t19-/m1/s1. The highest BCUT2D eigenvalue weighted by atomic mass is 32.1. The van der Waals surface area contributed by atoms with Crippen LogP contribution in [0.3, 0.4) is 0 Å². The maximum atomic E-state index is 14.8. The molecule has 0 saturated heterocycles. The number of benzene rings is 2. The van der Waals surface area contributed by atoms with Crippen molar-refractivity contribution in [1.29, 1.82) is 0 Å². The smallest absolute Gasteiger partial charge is 0.276 e. The van der Waals surface area contributed by atoms with Crippen LogP contribution in [0.25, 0.3) is 0 Å². The fourth-order valence-corrected chi connectivity index (χ4v) is 3.48. The highest BCUT2D eigenvalue weighted by Gasteiger charge is 2.36. The zero-order valence-corrected chi connectivity index (χ0v) is 17.8. The van der Waals surface area contributed by atoms with Gasteiger partial charge in [0.1, 0.15) is 11.9 Å². The van der Waals surface area contributed by atoms with Gasteiger partial charge >= 0.3 is 0 Å². The van der Waals surface area contributed by atoms with Crippen LogP contribution in [0.1, 0.15) is 48.4 Å². The third-order valence-corrected chi connectivity index (χ3v) is 4.80. The van der Waals surface area contributed by atoms with Gasteiger partial charge in [0.05, 0.1) is 0 Å². The lowest BCUT2D eigenvalue weighted by molar-refractivity contribution is -0.127. The zero-order chi connectivity index (χ0) is 21.7. The number of aromatic nitrogens is 2. The molecule has 156 valence electrons. The quantitative estimate of drug-likeness (QED) is 0.647. The number of amides is 2.